The van der Waals surface area contributed by atoms with Crippen LogP contribution in [0.3, 0.4) is 0 Å². The number of hydrogen-bond acceptors (Lipinski definition) is 9. The van der Waals surface area contributed by atoms with Crippen LogP contribution in [0.1, 0.15) is 79.7 Å². The quantitative estimate of drug-likeness (QED) is 0.302. The lowest BCUT2D eigenvalue weighted by Crippen LogP contribution is -2.54. The molecular formula is C39H47ClN4O7S. The summed E-state index contributed by atoms with van der Waals surface area (Å²) >= 11 is 6.46. The van der Waals surface area contributed by atoms with Gasteiger partial charge in [-0.3, -0.25) is 9.59 Å². The zero-order valence-corrected chi connectivity index (χ0v) is 31.5. The highest BCUT2D eigenvalue weighted by atomic mass is 35.5. The summed E-state index contributed by atoms with van der Waals surface area (Å²) in [6, 6.07) is 11.3. The molecule has 2 amide bonds. The zero-order chi connectivity index (χ0) is 36.7. The van der Waals surface area contributed by atoms with Crippen LogP contribution in [-0.4, -0.2) is 62.9 Å². The number of oxazole rings is 1. The molecule has 11 nitrogen and oxygen atoms in total. The van der Waals surface area contributed by atoms with Gasteiger partial charge in [0, 0.05) is 36.2 Å². The SMILES string of the molecule is CO[C@@]1(CC(=O)NCc2ncco2)/C=C/C[C@H](C)[C@@H](C)S(=O)(=O)NC(=O)c2ccc3c(c2)N(C[C@@H]2CC[C@H]21)C[C@@]1(CCCc2cc(Cl)ccc21)CO3. The van der Waals surface area contributed by atoms with E-state index < -0.39 is 26.8 Å². The lowest BCUT2D eigenvalue weighted by atomic mass is 9.62. The molecule has 13 heteroatoms. The van der Waals surface area contributed by atoms with E-state index in [0.29, 0.717) is 42.8 Å². The Kier molecular flexibility index (Phi) is 10.2. The van der Waals surface area contributed by atoms with Gasteiger partial charge in [0.2, 0.25) is 21.8 Å². The number of carbonyl (C=O) groups is 2. The molecule has 0 saturated heterocycles. The molecule has 1 aromatic heterocycles. The smallest absolute Gasteiger partial charge is 0.264 e. The number of sulfonamides is 1. The van der Waals surface area contributed by atoms with Gasteiger partial charge in [-0.05, 0) is 105 Å². The van der Waals surface area contributed by atoms with Crippen molar-refractivity contribution < 1.29 is 31.9 Å². The molecule has 7 rings (SSSR count). The Balaban J connectivity index is 1.29. The van der Waals surface area contributed by atoms with E-state index in [2.05, 4.69) is 32.1 Å². The van der Waals surface area contributed by atoms with Gasteiger partial charge in [-0.25, -0.2) is 18.1 Å². The molecule has 1 saturated carbocycles. The Labute approximate surface area is 310 Å². The summed E-state index contributed by atoms with van der Waals surface area (Å²) in [5.41, 5.74) is 2.13. The minimum absolute atomic E-state index is 0.0156. The topological polar surface area (TPSA) is 140 Å². The zero-order valence-electron chi connectivity index (χ0n) is 29.9. The first kappa shape index (κ1) is 36.5. The molecule has 2 aliphatic carbocycles. The number of amides is 2. The van der Waals surface area contributed by atoms with Crippen LogP contribution in [0.4, 0.5) is 5.69 Å². The first-order valence-corrected chi connectivity index (χ1v) is 20.1. The number of aromatic nitrogens is 1. The molecule has 1 fully saturated rings. The minimum atomic E-state index is -4.03. The number of fused-ring (bicyclic) bond motifs is 4. The van der Waals surface area contributed by atoms with Crippen molar-refractivity contribution in [2.75, 3.05) is 31.7 Å². The molecule has 1 spiro atoms. The highest BCUT2D eigenvalue weighted by molar-refractivity contribution is 7.90. The van der Waals surface area contributed by atoms with Crippen LogP contribution in [0.5, 0.6) is 5.75 Å². The highest BCUT2D eigenvalue weighted by Gasteiger charge is 2.50. The molecule has 52 heavy (non-hydrogen) atoms. The van der Waals surface area contributed by atoms with Gasteiger partial charge in [0.15, 0.2) is 0 Å². The number of aryl methyl sites for hydroxylation is 1. The second kappa shape index (κ2) is 14.5. The monoisotopic (exact) mass is 750 g/mol. The number of ether oxygens (including phenoxy) is 2. The predicted octanol–water partition coefficient (Wildman–Crippen LogP) is 5.96. The molecule has 0 unspecified atom stereocenters. The molecule has 6 atom stereocenters. The van der Waals surface area contributed by atoms with E-state index in [9.17, 15) is 18.0 Å². The third kappa shape index (κ3) is 7.09. The Morgan fingerprint density at radius 2 is 2.04 bits per heavy atom. The number of rotatable bonds is 5. The minimum Gasteiger partial charge on any atom is -0.490 e. The molecule has 2 aromatic carbocycles. The van der Waals surface area contributed by atoms with Gasteiger partial charge in [-0.2, -0.15) is 0 Å². The van der Waals surface area contributed by atoms with Crippen molar-refractivity contribution in [3.8, 4) is 5.75 Å². The summed E-state index contributed by atoms with van der Waals surface area (Å²) < 4.78 is 47.7. The maximum atomic E-state index is 13.6. The van der Waals surface area contributed by atoms with Gasteiger partial charge in [-0.15, -0.1) is 0 Å². The Hall–Kier alpha value is -3.87. The van der Waals surface area contributed by atoms with E-state index in [0.717, 1.165) is 37.8 Å². The summed E-state index contributed by atoms with van der Waals surface area (Å²) in [5, 5.41) is 2.78. The molecule has 2 N–H and O–H groups in total. The fraction of sp³-hybridized carbons (Fsp3) is 0.513. The second-order valence-corrected chi connectivity index (χ2v) is 17.5. The maximum Gasteiger partial charge on any atom is 0.264 e. The number of methoxy groups -OCH3 is 1. The molecule has 2 aliphatic heterocycles. The normalized spacial score (nSPS) is 30.5. The molecule has 0 radical (unpaired) electrons. The Morgan fingerprint density at radius 1 is 1.19 bits per heavy atom. The summed E-state index contributed by atoms with van der Waals surface area (Å²) in [6.07, 6.45) is 12.0. The van der Waals surface area contributed by atoms with Crippen molar-refractivity contribution >= 4 is 39.1 Å². The lowest BCUT2D eigenvalue weighted by Gasteiger charge is -2.50. The van der Waals surface area contributed by atoms with Crippen molar-refractivity contribution in [3.05, 3.63) is 88.6 Å². The Morgan fingerprint density at radius 3 is 2.79 bits per heavy atom. The number of nitrogens with one attached hydrogen (secondary N) is 2. The van der Waals surface area contributed by atoms with Gasteiger partial charge in [0.1, 0.15) is 12.0 Å². The second-order valence-electron chi connectivity index (χ2n) is 15.1. The van der Waals surface area contributed by atoms with Crippen molar-refractivity contribution in [2.24, 2.45) is 17.8 Å². The fourth-order valence-electron chi connectivity index (χ4n) is 8.66. The van der Waals surface area contributed by atoms with E-state index in [1.54, 1.807) is 32.2 Å². The van der Waals surface area contributed by atoms with Crippen LogP contribution in [0, 0.1) is 17.8 Å². The van der Waals surface area contributed by atoms with Gasteiger partial charge < -0.3 is 24.1 Å². The highest BCUT2D eigenvalue weighted by Crippen LogP contribution is 2.50. The number of carbonyl (C=O) groups excluding carboxylic acids is 2. The number of anilines is 1. The number of allylic oxidation sites excluding steroid dienone is 1. The molecule has 3 aromatic rings. The van der Waals surface area contributed by atoms with Crippen molar-refractivity contribution in [1.29, 1.82) is 0 Å². The third-order valence-electron chi connectivity index (χ3n) is 12.0. The standard InChI is InChI=1S/C39H47ClN4O7S/c1-25-6-4-15-39(49-3,20-35(45)42-21-36-41-16-17-50-36)32-11-8-29(32)22-44-23-38(14-5-7-27-18-30(40)10-12-31(27)38)24-51-34-13-9-28(19-33(34)44)37(46)43-52(47,48)26(25)2/h4,9-10,12-13,15-19,25-26,29,32H,5-8,11,14,20-24H2,1-3H3,(H,42,45)(H,43,46)/b15-4+/t25-,26+,29-,32+,38-,39+/m0/s1. The first-order chi connectivity index (χ1) is 24.9. The Bertz CT molecular complexity index is 1950. The van der Waals surface area contributed by atoms with Gasteiger partial charge in [0.05, 0.1) is 42.3 Å². The van der Waals surface area contributed by atoms with Gasteiger partial charge in [-0.1, -0.05) is 36.7 Å². The van der Waals surface area contributed by atoms with Gasteiger partial charge in [0.25, 0.3) is 5.91 Å². The van der Waals surface area contributed by atoms with E-state index in [4.69, 9.17) is 25.5 Å². The van der Waals surface area contributed by atoms with Crippen LogP contribution in [0.25, 0.3) is 0 Å². The van der Waals surface area contributed by atoms with Crippen molar-refractivity contribution in [3.63, 3.8) is 0 Å². The molecule has 2 bridgehead atoms. The summed E-state index contributed by atoms with van der Waals surface area (Å²) in [7, 11) is -2.38. The van der Waals surface area contributed by atoms with Crippen molar-refractivity contribution in [2.45, 2.75) is 81.6 Å². The number of benzene rings is 2. The van der Waals surface area contributed by atoms with E-state index in [1.165, 1.54) is 23.6 Å². The molecule has 278 valence electrons. The molecule has 4 aliphatic rings. The maximum absolute atomic E-state index is 13.6. The largest absolute Gasteiger partial charge is 0.490 e. The van der Waals surface area contributed by atoms with Crippen LogP contribution in [-0.2, 0) is 37.9 Å². The van der Waals surface area contributed by atoms with Crippen molar-refractivity contribution in [1.82, 2.24) is 15.0 Å². The summed E-state index contributed by atoms with van der Waals surface area (Å²) in [6.45, 7) is 5.31. The van der Waals surface area contributed by atoms with E-state index >= 15 is 0 Å². The van der Waals surface area contributed by atoms with E-state index in [1.807, 2.05) is 25.1 Å². The van der Waals surface area contributed by atoms with Crippen LogP contribution in [0.2, 0.25) is 5.02 Å². The van der Waals surface area contributed by atoms with E-state index in [-0.39, 0.29) is 47.6 Å². The van der Waals surface area contributed by atoms with Crippen LogP contribution in [0.15, 0.2) is 65.4 Å². The third-order valence-corrected chi connectivity index (χ3v) is 14.1. The summed E-state index contributed by atoms with van der Waals surface area (Å²) in [4.78, 5) is 33.6. The predicted molar refractivity (Wildman–Crippen MR) is 198 cm³/mol. The fourth-order valence-corrected chi connectivity index (χ4v) is 10.1. The molecular weight excluding hydrogens is 704 g/mol. The van der Waals surface area contributed by atoms with Gasteiger partial charge >= 0.3 is 0 Å². The number of nitrogens with zero attached hydrogens (tertiary/aromatic N) is 2. The average Bonchev–Trinajstić information content (AvgIpc) is 3.58. The van der Waals surface area contributed by atoms with Crippen LogP contribution >= 0.6 is 11.6 Å². The number of halogens is 1. The molecule has 3 heterocycles. The van der Waals surface area contributed by atoms with Crippen LogP contribution < -0.4 is 19.7 Å². The lowest BCUT2D eigenvalue weighted by molar-refractivity contribution is -0.133. The average molecular weight is 751 g/mol. The number of hydrogen-bond donors (Lipinski definition) is 2. The first-order valence-electron chi connectivity index (χ1n) is 18.2. The summed E-state index contributed by atoms with van der Waals surface area (Å²) in [5.74, 6) is -0.0306.